The van der Waals surface area contributed by atoms with Crippen LogP contribution in [0.1, 0.15) is 47.8 Å². The van der Waals surface area contributed by atoms with Crippen LogP contribution in [0.3, 0.4) is 0 Å². The van der Waals surface area contributed by atoms with Crippen LogP contribution < -0.4 is 9.62 Å². The van der Waals surface area contributed by atoms with E-state index in [1.54, 1.807) is 48.5 Å². The molecule has 6 aromatic rings. The zero-order valence-corrected chi connectivity index (χ0v) is 32.3. The van der Waals surface area contributed by atoms with Crippen molar-refractivity contribution in [3.63, 3.8) is 0 Å². The molecule has 6 aromatic carbocycles. The van der Waals surface area contributed by atoms with E-state index in [9.17, 15) is 24.6 Å². The molecule has 0 aliphatic rings. The predicted octanol–water partition coefficient (Wildman–Crippen LogP) is 8.98. The lowest BCUT2D eigenvalue weighted by Crippen LogP contribution is -2.14. The summed E-state index contributed by atoms with van der Waals surface area (Å²) in [5.74, 6) is -2.18. The molecule has 0 radical (unpaired) electrons. The minimum atomic E-state index is -1.21. The first-order valence-corrected chi connectivity index (χ1v) is 19.1. The molecule has 6 rings (SSSR count). The van der Waals surface area contributed by atoms with E-state index in [1.165, 1.54) is 12.1 Å². The highest BCUT2D eigenvalue weighted by Crippen LogP contribution is 2.26. The van der Waals surface area contributed by atoms with E-state index in [-0.39, 0.29) is 23.3 Å². The van der Waals surface area contributed by atoms with Crippen molar-refractivity contribution >= 4 is 17.9 Å². The Morgan fingerprint density at radius 2 is 0.915 bits per heavy atom. The smallest absolute Gasteiger partial charge is 0.344 e. The van der Waals surface area contributed by atoms with Crippen molar-refractivity contribution in [2.24, 2.45) is 0 Å². The van der Waals surface area contributed by atoms with Gasteiger partial charge in [0, 0.05) is 0 Å². The molecule has 302 valence electrons. The number of carbonyl (C=O) groups excluding carboxylic acids is 1. The first kappa shape index (κ1) is 42.0. The normalized spacial score (nSPS) is 10.9. The van der Waals surface area contributed by atoms with Crippen LogP contribution in [0.5, 0.6) is 11.5 Å². The van der Waals surface area contributed by atoms with Crippen molar-refractivity contribution in [1.82, 2.24) is 0 Å². The Hall–Kier alpha value is -6.63. The van der Waals surface area contributed by atoms with Crippen molar-refractivity contribution < 1.29 is 53.3 Å². The van der Waals surface area contributed by atoms with Gasteiger partial charge in [-0.1, -0.05) is 97.1 Å². The van der Waals surface area contributed by atoms with Crippen LogP contribution in [0.4, 0.5) is 0 Å². The number of carboxylic acids is 2. The molecule has 0 heterocycles. The van der Waals surface area contributed by atoms with Crippen LogP contribution in [-0.4, -0.2) is 67.8 Å². The number of esters is 1. The SMILES string of the molecule is O=C(O)c1ccc(-c2ccccc2)cc1COOc1ccc(CCOCCOCCOCCc2ccc(OC(=O)c3cc(-c4ccccc4)ccc3C(=O)O)cc2)cc1. The molecule has 0 bridgehead atoms. The maximum Gasteiger partial charge on any atom is 0.344 e. The summed E-state index contributed by atoms with van der Waals surface area (Å²) in [6, 6.07) is 43.3. The number of hydrogen-bond acceptors (Lipinski definition) is 9. The summed E-state index contributed by atoms with van der Waals surface area (Å²) in [6.45, 7) is 2.73. The van der Waals surface area contributed by atoms with Crippen molar-refractivity contribution in [3.05, 3.63) is 179 Å². The molecule has 59 heavy (non-hydrogen) atoms. The molecule has 2 N–H and O–H groups in total. The van der Waals surface area contributed by atoms with Crippen molar-refractivity contribution in [2.45, 2.75) is 19.4 Å². The van der Waals surface area contributed by atoms with Gasteiger partial charge in [-0.05, 0) is 100 Å². The quantitative estimate of drug-likeness (QED) is 0.0223. The van der Waals surface area contributed by atoms with Crippen LogP contribution in [0.25, 0.3) is 22.3 Å². The monoisotopic (exact) mass is 796 g/mol. The first-order valence-electron chi connectivity index (χ1n) is 19.1. The van der Waals surface area contributed by atoms with Gasteiger partial charge < -0.3 is 34.0 Å². The summed E-state index contributed by atoms with van der Waals surface area (Å²) >= 11 is 0. The Morgan fingerprint density at radius 1 is 0.441 bits per heavy atom. The van der Waals surface area contributed by atoms with Crippen molar-refractivity contribution in [2.75, 3.05) is 39.6 Å². The Bertz CT molecular complexity index is 2270. The number of aromatic carboxylic acids is 2. The molecule has 0 aliphatic heterocycles. The lowest BCUT2D eigenvalue weighted by atomic mass is 9.99. The average Bonchev–Trinajstić information content (AvgIpc) is 3.26. The Kier molecular flexibility index (Phi) is 15.5. The first-order chi connectivity index (χ1) is 28.8. The van der Waals surface area contributed by atoms with Gasteiger partial charge in [0.2, 0.25) is 0 Å². The van der Waals surface area contributed by atoms with E-state index < -0.39 is 17.9 Å². The van der Waals surface area contributed by atoms with Crippen molar-refractivity contribution in [3.8, 4) is 33.8 Å². The van der Waals surface area contributed by atoms with E-state index in [1.807, 2.05) is 84.9 Å². The Labute approximate surface area is 342 Å². The lowest BCUT2D eigenvalue weighted by molar-refractivity contribution is -0.217. The lowest BCUT2D eigenvalue weighted by Gasteiger charge is -2.11. The maximum atomic E-state index is 13.0. The third-order valence-corrected chi connectivity index (χ3v) is 9.26. The number of hydrogen-bond donors (Lipinski definition) is 2. The van der Waals surface area contributed by atoms with E-state index >= 15 is 0 Å². The van der Waals surface area contributed by atoms with Gasteiger partial charge in [0.1, 0.15) is 12.4 Å². The summed E-state index contributed by atoms with van der Waals surface area (Å²) in [5.41, 5.74) is 6.01. The summed E-state index contributed by atoms with van der Waals surface area (Å²) in [5, 5.41) is 19.3. The van der Waals surface area contributed by atoms with Gasteiger partial charge >= 0.3 is 17.9 Å². The van der Waals surface area contributed by atoms with E-state index in [4.69, 9.17) is 28.7 Å². The van der Waals surface area contributed by atoms with Crippen molar-refractivity contribution in [1.29, 1.82) is 0 Å². The third-order valence-electron chi connectivity index (χ3n) is 9.26. The van der Waals surface area contributed by atoms with Gasteiger partial charge in [0.25, 0.3) is 0 Å². The fraction of sp³-hybridized carbons (Fsp3) is 0.188. The summed E-state index contributed by atoms with van der Waals surface area (Å²) in [4.78, 5) is 47.4. The molecule has 0 saturated heterocycles. The molecular formula is C48H44O11. The zero-order chi connectivity index (χ0) is 41.2. The molecule has 0 aromatic heterocycles. The molecule has 0 aliphatic carbocycles. The van der Waals surface area contributed by atoms with Gasteiger partial charge in [-0.2, -0.15) is 4.89 Å². The molecule has 0 atom stereocenters. The van der Waals surface area contributed by atoms with Crippen LogP contribution >= 0.6 is 0 Å². The number of benzene rings is 6. The minimum absolute atomic E-state index is 0.0227. The largest absolute Gasteiger partial charge is 0.478 e. The summed E-state index contributed by atoms with van der Waals surface area (Å²) in [7, 11) is 0. The molecular weight excluding hydrogens is 753 g/mol. The van der Waals surface area contributed by atoms with E-state index in [0.717, 1.165) is 27.8 Å². The molecule has 0 saturated carbocycles. The summed E-state index contributed by atoms with van der Waals surface area (Å²) in [6.07, 6.45) is 1.35. The van der Waals surface area contributed by atoms with Gasteiger partial charge in [-0.15, -0.1) is 0 Å². The number of ether oxygens (including phenoxy) is 4. The molecule has 11 heteroatoms. The molecule has 0 unspecified atom stereocenters. The van der Waals surface area contributed by atoms with Gasteiger partial charge in [-0.3, -0.25) is 0 Å². The minimum Gasteiger partial charge on any atom is -0.478 e. The average molecular weight is 797 g/mol. The van der Waals surface area contributed by atoms with E-state index in [2.05, 4.69) is 0 Å². The zero-order valence-electron chi connectivity index (χ0n) is 32.3. The highest BCUT2D eigenvalue weighted by atomic mass is 17.2. The standard InChI is InChI=1S/C48H44O11/c49-46(50)43-21-15-38(36-7-3-1-4-8-36)31-40(43)33-57-59-42-19-13-35(14-20-42)24-26-55-28-30-56-29-27-54-25-23-34-11-17-41(18-12-34)58-48(53)45-32-39(16-22-44(45)47(51)52)37-9-5-2-6-10-37/h1-22,31-32H,23-30,33H2,(H,49,50)(H,51,52). The predicted molar refractivity (Wildman–Crippen MR) is 221 cm³/mol. The molecule has 0 amide bonds. The molecule has 0 fully saturated rings. The summed E-state index contributed by atoms with van der Waals surface area (Å²) < 4.78 is 22.6. The van der Waals surface area contributed by atoms with E-state index in [0.29, 0.717) is 75.1 Å². The number of carbonyl (C=O) groups is 3. The number of rotatable bonds is 22. The fourth-order valence-electron chi connectivity index (χ4n) is 6.12. The highest BCUT2D eigenvalue weighted by molar-refractivity contribution is 6.04. The topological polar surface area (TPSA) is 147 Å². The van der Waals surface area contributed by atoms with Crippen LogP contribution in [-0.2, 0) is 38.5 Å². The molecule has 11 nitrogen and oxygen atoms in total. The van der Waals surface area contributed by atoms with Gasteiger partial charge in [0.05, 0.1) is 56.3 Å². The van der Waals surface area contributed by atoms with Crippen LogP contribution in [0, 0.1) is 0 Å². The number of carboxylic acid groups (broad SMARTS) is 2. The fourth-order valence-corrected chi connectivity index (χ4v) is 6.12. The second-order valence-electron chi connectivity index (χ2n) is 13.3. The highest BCUT2D eigenvalue weighted by Gasteiger charge is 2.20. The second kappa shape index (κ2) is 21.8. The Morgan fingerprint density at radius 3 is 1.44 bits per heavy atom. The molecule has 0 spiro atoms. The van der Waals surface area contributed by atoms with Crippen LogP contribution in [0.2, 0.25) is 0 Å². The van der Waals surface area contributed by atoms with Gasteiger partial charge in [0.15, 0.2) is 5.75 Å². The Balaban J connectivity index is 0.811. The maximum absolute atomic E-state index is 13.0. The van der Waals surface area contributed by atoms with Gasteiger partial charge in [-0.25, -0.2) is 14.4 Å². The third kappa shape index (κ3) is 12.7. The van der Waals surface area contributed by atoms with Crippen LogP contribution in [0.15, 0.2) is 146 Å². The second-order valence-corrected chi connectivity index (χ2v) is 13.3.